The van der Waals surface area contributed by atoms with Crippen molar-refractivity contribution in [2.24, 2.45) is 10.7 Å². The third-order valence-electron chi connectivity index (χ3n) is 2.52. The zero-order valence-electron chi connectivity index (χ0n) is 8.33. The number of benzene rings is 1. The predicted octanol–water partition coefficient (Wildman–Crippen LogP) is 1.19. The van der Waals surface area contributed by atoms with Crippen molar-refractivity contribution in [3.05, 3.63) is 29.3 Å². The van der Waals surface area contributed by atoms with Crippen molar-refractivity contribution in [2.45, 2.75) is 19.3 Å². The van der Waals surface area contributed by atoms with Gasteiger partial charge >= 0.3 is 0 Å². The van der Waals surface area contributed by atoms with Gasteiger partial charge in [0.15, 0.2) is 6.19 Å². The molecule has 0 fully saturated rings. The summed E-state index contributed by atoms with van der Waals surface area (Å²) < 4.78 is 0. The number of rotatable bonds is 1. The van der Waals surface area contributed by atoms with Gasteiger partial charge in [0.1, 0.15) is 0 Å². The number of hydrogen-bond donors (Lipinski definition) is 2. The zero-order valence-corrected chi connectivity index (χ0v) is 8.33. The Labute approximate surface area is 88.4 Å². The molecule has 1 aliphatic rings. The largest absolute Gasteiger partial charge is 0.369 e. The summed E-state index contributed by atoms with van der Waals surface area (Å²) in [6.45, 7) is 0. The molecule has 15 heavy (non-hydrogen) atoms. The van der Waals surface area contributed by atoms with Crippen molar-refractivity contribution in [3.8, 4) is 6.19 Å². The second-order valence-corrected chi connectivity index (χ2v) is 3.54. The van der Waals surface area contributed by atoms with Crippen molar-refractivity contribution in [3.63, 3.8) is 0 Å². The molecule has 0 radical (unpaired) electrons. The quantitative estimate of drug-likeness (QED) is 0.309. The Morgan fingerprint density at radius 1 is 1.40 bits per heavy atom. The number of nitrogens with zero attached hydrogens (tertiary/aromatic N) is 2. The van der Waals surface area contributed by atoms with E-state index in [1.165, 1.54) is 17.5 Å². The summed E-state index contributed by atoms with van der Waals surface area (Å²) in [5, 5.41) is 10.6. The number of fused-ring (bicyclic) bond motifs is 1. The first kappa shape index (κ1) is 9.53. The van der Waals surface area contributed by atoms with Gasteiger partial charge in [-0.25, -0.2) is 4.99 Å². The van der Waals surface area contributed by atoms with E-state index in [2.05, 4.69) is 16.4 Å². The Hall–Kier alpha value is -2.02. The first-order chi connectivity index (χ1) is 7.29. The van der Waals surface area contributed by atoms with E-state index in [1.807, 2.05) is 12.1 Å². The van der Waals surface area contributed by atoms with Gasteiger partial charge in [0.25, 0.3) is 0 Å². The number of aryl methyl sites for hydroxylation is 2. The second kappa shape index (κ2) is 4.01. The van der Waals surface area contributed by atoms with Crippen molar-refractivity contribution in [1.82, 2.24) is 5.32 Å². The van der Waals surface area contributed by atoms with Gasteiger partial charge in [-0.3, -0.25) is 5.32 Å². The molecule has 76 valence electrons. The van der Waals surface area contributed by atoms with Crippen LogP contribution in [0.25, 0.3) is 0 Å². The lowest BCUT2D eigenvalue weighted by atomic mass is 10.1. The van der Waals surface area contributed by atoms with E-state index in [0.717, 1.165) is 18.5 Å². The predicted molar refractivity (Wildman–Crippen MR) is 58.5 cm³/mol. The lowest BCUT2D eigenvalue weighted by molar-refractivity contribution is 0.912. The highest BCUT2D eigenvalue weighted by Crippen LogP contribution is 2.25. The molecule has 0 amide bonds. The first-order valence-corrected chi connectivity index (χ1v) is 4.90. The van der Waals surface area contributed by atoms with Crippen LogP contribution < -0.4 is 11.1 Å². The van der Waals surface area contributed by atoms with Gasteiger partial charge in [-0.2, -0.15) is 5.26 Å². The number of hydrogen-bond acceptors (Lipinski definition) is 2. The number of nitriles is 1. The van der Waals surface area contributed by atoms with Crippen LogP contribution in [0.4, 0.5) is 5.69 Å². The summed E-state index contributed by atoms with van der Waals surface area (Å²) in [4.78, 5) is 4.09. The summed E-state index contributed by atoms with van der Waals surface area (Å²) in [5.74, 6) is 0.135. The molecule has 4 heteroatoms. The van der Waals surface area contributed by atoms with Crippen LogP contribution in [0.3, 0.4) is 0 Å². The maximum atomic E-state index is 8.35. The van der Waals surface area contributed by atoms with Gasteiger partial charge in [0, 0.05) is 0 Å². The smallest absolute Gasteiger partial charge is 0.207 e. The van der Waals surface area contributed by atoms with Gasteiger partial charge in [-0.15, -0.1) is 0 Å². The molecule has 0 heterocycles. The Morgan fingerprint density at radius 2 is 2.20 bits per heavy atom. The van der Waals surface area contributed by atoms with Crippen LogP contribution in [-0.4, -0.2) is 5.96 Å². The summed E-state index contributed by atoms with van der Waals surface area (Å²) >= 11 is 0. The lowest BCUT2D eigenvalue weighted by Crippen LogP contribution is -2.26. The molecular formula is C11H12N4. The van der Waals surface area contributed by atoms with E-state index >= 15 is 0 Å². The topological polar surface area (TPSA) is 74.2 Å². The Balaban J connectivity index is 2.24. The molecule has 2 rings (SSSR count). The molecule has 0 atom stereocenters. The minimum atomic E-state index is 0.135. The van der Waals surface area contributed by atoms with Crippen molar-refractivity contribution < 1.29 is 0 Å². The third-order valence-corrected chi connectivity index (χ3v) is 2.52. The maximum Gasteiger partial charge on any atom is 0.207 e. The van der Waals surface area contributed by atoms with Crippen molar-refractivity contribution in [2.75, 3.05) is 0 Å². The third kappa shape index (κ3) is 2.08. The summed E-state index contributed by atoms with van der Waals surface area (Å²) in [7, 11) is 0. The Bertz CT molecular complexity index is 442. The standard InChI is InChI=1S/C11H12N4/c12-7-14-11(13)15-10-5-4-8-2-1-3-9(8)6-10/h4-6H,1-3H2,(H3,13,14,15). The molecule has 4 nitrogen and oxygen atoms in total. The van der Waals surface area contributed by atoms with Crippen LogP contribution in [0.1, 0.15) is 17.5 Å². The molecule has 0 bridgehead atoms. The molecule has 0 aromatic heterocycles. The molecular weight excluding hydrogens is 188 g/mol. The van der Waals surface area contributed by atoms with Crippen LogP contribution in [0.15, 0.2) is 23.2 Å². The van der Waals surface area contributed by atoms with Crippen LogP contribution in [0.2, 0.25) is 0 Å². The fraction of sp³-hybridized carbons (Fsp3) is 0.273. The van der Waals surface area contributed by atoms with Crippen LogP contribution in [0.5, 0.6) is 0 Å². The minimum Gasteiger partial charge on any atom is -0.369 e. The SMILES string of the molecule is N#CNC(N)=Nc1ccc2c(c1)CCC2. The average molecular weight is 200 g/mol. The number of guanidine groups is 1. The fourth-order valence-electron chi connectivity index (χ4n) is 1.85. The molecule has 0 unspecified atom stereocenters. The highest BCUT2D eigenvalue weighted by molar-refractivity contribution is 5.82. The second-order valence-electron chi connectivity index (χ2n) is 3.54. The first-order valence-electron chi connectivity index (χ1n) is 4.90. The molecule has 0 saturated heterocycles. The summed E-state index contributed by atoms with van der Waals surface area (Å²) in [6.07, 6.45) is 5.22. The van der Waals surface area contributed by atoms with E-state index < -0.39 is 0 Å². The van der Waals surface area contributed by atoms with E-state index in [0.29, 0.717) is 0 Å². The Kier molecular flexibility index (Phi) is 2.55. The minimum absolute atomic E-state index is 0.135. The van der Waals surface area contributed by atoms with Crippen LogP contribution in [0, 0.1) is 11.5 Å². The van der Waals surface area contributed by atoms with Gasteiger partial charge in [0.05, 0.1) is 5.69 Å². The van der Waals surface area contributed by atoms with Crippen molar-refractivity contribution >= 4 is 11.6 Å². The summed E-state index contributed by atoms with van der Waals surface area (Å²) in [6, 6.07) is 6.05. The highest BCUT2D eigenvalue weighted by Gasteiger charge is 2.10. The Morgan fingerprint density at radius 3 is 3.00 bits per heavy atom. The van der Waals surface area contributed by atoms with E-state index in [-0.39, 0.29) is 5.96 Å². The van der Waals surface area contributed by atoms with E-state index in [9.17, 15) is 0 Å². The number of nitrogens with two attached hydrogens (primary N) is 1. The highest BCUT2D eigenvalue weighted by atomic mass is 15.1. The van der Waals surface area contributed by atoms with E-state index in [1.54, 1.807) is 6.19 Å². The van der Waals surface area contributed by atoms with Gasteiger partial charge in [-0.05, 0) is 42.5 Å². The van der Waals surface area contributed by atoms with Gasteiger partial charge < -0.3 is 5.73 Å². The van der Waals surface area contributed by atoms with E-state index in [4.69, 9.17) is 11.0 Å². The average Bonchev–Trinajstić information content (AvgIpc) is 2.65. The number of aliphatic imine (C=N–C) groups is 1. The monoisotopic (exact) mass is 200 g/mol. The normalized spacial score (nSPS) is 14.5. The summed E-state index contributed by atoms with van der Waals surface area (Å²) in [5.41, 5.74) is 9.03. The van der Waals surface area contributed by atoms with Crippen LogP contribution in [-0.2, 0) is 12.8 Å². The molecule has 1 aliphatic carbocycles. The molecule has 1 aromatic carbocycles. The molecule has 0 spiro atoms. The lowest BCUT2D eigenvalue weighted by Gasteiger charge is -2.01. The zero-order chi connectivity index (χ0) is 10.7. The molecule has 1 aromatic rings. The van der Waals surface area contributed by atoms with Crippen LogP contribution >= 0.6 is 0 Å². The molecule has 0 saturated carbocycles. The van der Waals surface area contributed by atoms with Gasteiger partial charge in [-0.1, -0.05) is 6.07 Å². The molecule has 0 aliphatic heterocycles. The van der Waals surface area contributed by atoms with Crippen molar-refractivity contribution in [1.29, 1.82) is 5.26 Å². The molecule has 3 N–H and O–H groups in total. The maximum absolute atomic E-state index is 8.35. The van der Waals surface area contributed by atoms with Gasteiger partial charge in [0.2, 0.25) is 5.96 Å². The number of nitrogens with one attached hydrogen (secondary N) is 1. The fourth-order valence-corrected chi connectivity index (χ4v) is 1.85.